The third-order valence-corrected chi connectivity index (χ3v) is 1.41. The lowest BCUT2D eigenvalue weighted by Gasteiger charge is -1.98. The predicted octanol–water partition coefficient (Wildman–Crippen LogP) is 2.73. The quantitative estimate of drug-likeness (QED) is 0.553. The number of rotatable bonds is 5. The van der Waals surface area contributed by atoms with E-state index in [0.717, 1.165) is 6.42 Å². The van der Waals surface area contributed by atoms with Crippen molar-refractivity contribution in [3.05, 3.63) is 24.8 Å². The van der Waals surface area contributed by atoms with Crippen LogP contribution in [-0.2, 0) is 4.79 Å². The molecule has 1 unspecified atom stereocenters. The summed E-state index contributed by atoms with van der Waals surface area (Å²) in [6, 6.07) is 0. The number of allylic oxidation sites excluding steroid dienone is 3. The van der Waals surface area contributed by atoms with Crippen molar-refractivity contribution in [2.24, 2.45) is 5.92 Å². The molecular weight excluding hydrogens is 136 g/mol. The van der Waals surface area contributed by atoms with Crippen LogP contribution in [0, 0.1) is 5.92 Å². The number of carbonyl (C=O) groups is 1. The number of hydrogen-bond donors (Lipinski definition) is 0. The van der Waals surface area contributed by atoms with E-state index in [-0.39, 0.29) is 5.78 Å². The zero-order valence-electron chi connectivity index (χ0n) is 7.34. The monoisotopic (exact) mass is 152 g/mol. The summed E-state index contributed by atoms with van der Waals surface area (Å²) in [6.07, 6.45) is 7.41. The lowest BCUT2D eigenvalue weighted by Crippen LogP contribution is -1.88. The van der Waals surface area contributed by atoms with E-state index >= 15 is 0 Å². The van der Waals surface area contributed by atoms with Gasteiger partial charge in [-0.15, -0.1) is 6.58 Å². The van der Waals surface area contributed by atoms with Crippen LogP contribution in [-0.4, -0.2) is 5.78 Å². The zero-order chi connectivity index (χ0) is 8.69. The fourth-order valence-electron chi connectivity index (χ4n) is 0.808. The fourth-order valence-corrected chi connectivity index (χ4v) is 0.808. The third-order valence-electron chi connectivity index (χ3n) is 1.41. The maximum atomic E-state index is 10.5. The van der Waals surface area contributed by atoms with Crippen molar-refractivity contribution >= 4 is 5.78 Å². The van der Waals surface area contributed by atoms with Gasteiger partial charge in [0.25, 0.3) is 0 Å². The summed E-state index contributed by atoms with van der Waals surface area (Å²) >= 11 is 0. The first kappa shape index (κ1) is 10.2. The Balaban J connectivity index is 3.55. The van der Waals surface area contributed by atoms with Gasteiger partial charge in [-0.25, -0.2) is 0 Å². The van der Waals surface area contributed by atoms with Crippen molar-refractivity contribution in [2.75, 3.05) is 0 Å². The molecule has 0 aliphatic heterocycles. The molecule has 0 saturated carbocycles. The molecule has 0 aromatic heterocycles. The lowest BCUT2D eigenvalue weighted by molar-refractivity contribution is -0.116. The fraction of sp³-hybridized carbons (Fsp3) is 0.500. The summed E-state index contributed by atoms with van der Waals surface area (Å²) in [7, 11) is 0. The van der Waals surface area contributed by atoms with Gasteiger partial charge in [0.2, 0.25) is 0 Å². The van der Waals surface area contributed by atoms with E-state index in [2.05, 4.69) is 19.6 Å². The SMILES string of the molecule is C=CCC(C)/C=C/CC(C)=O. The number of carbonyl (C=O) groups excluding carboxylic acids is 1. The van der Waals surface area contributed by atoms with Crippen LogP contribution in [0.3, 0.4) is 0 Å². The molecule has 0 fully saturated rings. The first-order chi connectivity index (χ1) is 5.16. The van der Waals surface area contributed by atoms with Crippen molar-refractivity contribution in [3.63, 3.8) is 0 Å². The van der Waals surface area contributed by atoms with Gasteiger partial charge in [0.15, 0.2) is 0 Å². The van der Waals surface area contributed by atoms with Gasteiger partial charge >= 0.3 is 0 Å². The Labute approximate surface area is 68.8 Å². The molecule has 0 saturated heterocycles. The van der Waals surface area contributed by atoms with E-state index in [4.69, 9.17) is 0 Å². The molecule has 1 atom stereocenters. The highest BCUT2D eigenvalue weighted by molar-refractivity contribution is 5.76. The Morgan fingerprint density at radius 3 is 2.73 bits per heavy atom. The van der Waals surface area contributed by atoms with Crippen molar-refractivity contribution < 1.29 is 4.79 Å². The first-order valence-corrected chi connectivity index (χ1v) is 3.93. The third kappa shape index (κ3) is 7.04. The standard InChI is InChI=1S/C10H16O/c1-4-6-9(2)7-5-8-10(3)11/h4-5,7,9H,1,6,8H2,2-3H3/b7-5+. The van der Waals surface area contributed by atoms with Crippen LogP contribution in [0.1, 0.15) is 26.7 Å². The molecule has 0 aliphatic carbocycles. The highest BCUT2D eigenvalue weighted by Gasteiger charge is 1.92. The molecule has 0 spiro atoms. The second-order valence-electron chi connectivity index (χ2n) is 2.84. The van der Waals surface area contributed by atoms with Crippen LogP contribution in [0.2, 0.25) is 0 Å². The molecule has 0 amide bonds. The largest absolute Gasteiger partial charge is 0.300 e. The lowest BCUT2D eigenvalue weighted by atomic mass is 10.1. The normalized spacial score (nSPS) is 13.3. The van der Waals surface area contributed by atoms with Gasteiger partial charge < -0.3 is 0 Å². The Hall–Kier alpha value is -0.850. The average Bonchev–Trinajstić information content (AvgIpc) is 1.87. The van der Waals surface area contributed by atoms with Gasteiger partial charge in [0.05, 0.1) is 0 Å². The van der Waals surface area contributed by atoms with Crippen molar-refractivity contribution in [2.45, 2.75) is 26.7 Å². The van der Waals surface area contributed by atoms with Crippen LogP contribution < -0.4 is 0 Å². The average molecular weight is 152 g/mol. The molecule has 1 heteroatoms. The van der Waals surface area contributed by atoms with E-state index < -0.39 is 0 Å². The van der Waals surface area contributed by atoms with Crippen molar-refractivity contribution in [3.8, 4) is 0 Å². The van der Waals surface area contributed by atoms with Gasteiger partial charge in [-0.3, -0.25) is 4.79 Å². The number of Topliss-reactive ketones (excluding diaryl/α,β-unsaturated/α-hetero) is 1. The molecule has 0 bridgehead atoms. The molecule has 0 heterocycles. The molecule has 0 rings (SSSR count). The molecule has 0 aliphatic rings. The van der Waals surface area contributed by atoms with E-state index in [0.29, 0.717) is 12.3 Å². The summed E-state index contributed by atoms with van der Waals surface area (Å²) < 4.78 is 0. The highest BCUT2D eigenvalue weighted by atomic mass is 16.1. The Morgan fingerprint density at radius 1 is 1.64 bits per heavy atom. The predicted molar refractivity (Wildman–Crippen MR) is 48.4 cm³/mol. The Bertz CT molecular complexity index is 156. The topological polar surface area (TPSA) is 17.1 Å². The van der Waals surface area contributed by atoms with Gasteiger partial charge in [-0.1, -0.05) is 25.2 Å². The molecule has 0 aromatic rings. The smallest absolute Gasteiger partial charge is 0.133 e. The van der Waals surface area contributed by atoms with Gasteiger partial charge in [-0.2, -0.15) is 0 Å². The van der Waals surface area contributed by atoms with E-state index in [1.54, 1.807) is 6.92 Å². The summed E-state index contributed by atoms with van der Waals surface area (Å²) in [4.78, 5) is 10.5. The van der Waals surface area contributed by atoms with Crippen LogP contribution in [0.25, 0.3) is 0 Å². The maximum absolute atomic E-state index is 10.5. The molecule has 0 aromatic carbocycles. The Kier molecular flexibility index (Phi) is 5.44. The second-order valence-corrected chi connectivity index (χ2v) is 2.84. The minimum Gasteiger partial charge on any atom is -0.300 e. The number of ketones is 1. The van der Waals surface area contributed by atoms with E-state index in [1.807, 2.05) is 12.2 Å². The molecule has 62 valence electrons. The van der Waals surface area contributed by atoms with Crippen LogP contribution in [0.5, 0.6) is 0 Å². The minimum absolute atomic E-state index is 0.215. The second kappa shape index (κ2) is 5.90. The summed E-state index contributed by atoms with van der Waals surface area (Å²) in [5.74, 6) is 0.721. The van der Waals surface area contributed by atoms with Crippen LogP contribution in [0.4, 0.5) is 0 Å². The van der Waals surface area contributed by atoms with E-state index in [9.17, 15) is 4.79 Å². The number of hydrogen-bond acceptors (Lipinski definition) is 1. The van der Waals surface area contributed by atoms with Gasteiger partial charge in [-0.05, 0) is 19.3 Å². The van der Waals surface area contributed by atoms with Crippen molar-refractivity contribution in [1.29, 1.82) is 0 Å². The summed E-state index contributed by atoms with van der Waals surface area (Å²) in [5.41, 5.74) is 0. The molecular formula is C10H16O. The van der Waals surface area contributed by atoms with Gasteiger partial charge in [0.1, 0.15) is 5.78 Å². The van der Waals surface area contributed by atoms with Crippen LogP contribution >= 0.6 is 0 Å². The summed E-state index contributed by atoms with van der Waals surface area (Å²) in [5, 5.41) is 0. The highest BCUT2D eigenvalue weighted by Crippen LogP contribution is 2.04. The van der Waals surface area contributed by atoms with Crippen LogP contribution in [0.15, 0.2) is 24.8 Å². The van der Waals surface area contributed by atoms with Gasteiger partial charge in [0, 0.05) is 6.42 Å². The molecule has 0 radical (unpaired) electrons. The summed E-state index contributed by atoms with van der Waals surface area (Å²) in [6.45, 7) is 7.35. The molecule has 1 nitrogen and oxygen atoms in total. The maximum Gasteiger partial charge on any atom is 0.133 e. The molecule has 0 N–H and O–H groups in total. The van der Waals surface area contributed by atoms with E-state index in [1.165, 1.54) is 0 Å². The van der Waals surface area contributed by atoms with Crippen molar-refractivity contribution in [1.82, 2.24) is 0 Å². The zero-order valence-corrected chi connectivity index (χ0v) is 7.34. The first-order valence-electron chi connectivity index (χ1n) is 3.93. The molecule has 11 heavy (non-hydrogen) atoms. The Morgan fingerprint density at radius 2 is 2.27 bits per heavy atom. The minimum atomic E-state index is 0.215.